The molecule has 4 heterocycles. The summed E-state index contributed by atoms with van der Waals surface area (Å²) in [4.78, 5) is 11.7. The van der Waals surface area contributed by atoms with Crippen LogP contribution in [0.4, 0.5) is 0 Å². The Labute approximate surface area is 200 Å². The van der Waals surface area contributed by atoms with E-state index >= 15 is 0 Å². The van der Waals surface area contributed by atoms with Gasteiger partial charge in [0.05, 0.1) is 12.8 Å². The number of likely N-dealkylation sites (tertiary alicyclic amines) is 2. The lowest BCUT2D eigenvalue weighted by Gasteiger charge is -2.48. The molecule has 5 rings (SSSR count). The number of thiophene rings is 1. The molecule has 1 N–H and O–H groups in total. The molecular formula is C23H33IN4OS. The van der Waals surface area contributed by atoms with Crippen LogP contribution in [-0.4, -0.2) is 54.0 Å². The summed E-state index contributed by atoms with van der Waals surface area (Å²) >= 11 is 1.79. The van der Waals surface area contributed by atoms with Crippen LogP contribution < -0.4 is 5.32 Å². The molecule has 5 nitrogen and oxygen atoms in total. The van der Waals surface area contributed by atoms with Gasteiger partial charge in [0.1, 0.15) is 5.76 Å². The maximum absolute atomic E-state index is 5.49. The van der Waals surface area contributed by atoms with Crippen LogP contribution in [0.2, 0.25) is 0 Å². The summed E-state index contributed by atoms with van der Waals surface area (Å²) < 4.78 is 5.49. The third-order valence-electron chi connectivity index (χ3n) is 6.63. The summed E-state index contributed by atoms with van der Waals surface area (Å²) in [6.45, 7) is 5.20. The maximum atomic E-state index is 5.49. The van der Waals surface area contributed by atoms with Gasteiger partial charge in [-0.15, -0.1) is 35.3 Å². The molecule has 2 aliphatic heterocycles. The van der Waals surface area contributed by atoms with Crippen molar-refractivity contribution in [1.29, 1.82) is 0 Å². The minimum atomic E-state index is 0. The Morgan fingerprint density at radius 3 is 2.87 bits per heavy atom. The lowest BCUT2D eigenvalue weighted by molar-refractivity contribution is 0.0369. The smallest absolute Gasteiger partial charge is 0.194 e. The van der Waals surface area contributed by atoms with Crippen molar-refractivity contribution in [3.05, 3.63) is 46.5 Å². The number of nitrogens with zero attached hydrogens (tertiary/aromatic N) is 3. The minimum Gasteiger partial charge on any atom is -0.469 e. The average molecular weight is 541 g/mol. The molecule has 1 aliphatic carbocycles. The second kappa shape index (κ2) is 10.5. The van der Waals surface area contributed by atoms with Crippen LogP contribution >= 0.6 is 35.3 Å². The number of hydrogen-bond donors (Lipinski definition) is 1. The number of aliphatic imine (C=N–C) groups is 1. The fourth-order valence-corrected chi connectivity index (χ4v) is 5.70. The molecule has 2 unspecified atom stereocenters. The van der Waals surface area contributed by atoms with Crippen LogP contribution in [0.25, 0.3) is 0 Å². The Balaban J connectivity index is 0.00000218. The third kappa shape index (κ3) is 5.40. The van der Waals surface area contributed by atoms with Crippen molar-refractivity contribution in [1.82, 2.24) is 15.1 Å². The van der Waals surface area contributed by atoms with Crippen LogP contribution in [0, 0.1) is 5.92 Å². The number of fused-ring (bicyclic) bond motifs is 1. The lowest BCUT2D eigenvalue weighted by Crippen LogP contribution is -2.57. The molecule has 3 fully saturated rings. The molecular weight excluding hydrogens is 507 g/mol. The van der Waals surface area contributed by atoms with Gasteiger partial charge in [-0.05, 0) is 68.1 Å². The second-order valence-electron chi connectivity index (χ2n) is 8.65. The predicted molar refractivity (Wildman–Crippen MR) is 134 cm³/mol. The second-order valence-corrected chi connectivity index (χ2v) is 9.68. The molecule has 1 saturated carbocycles. The van der Waals surface area contributed by atoms with E-state index in [9.17, 15) is 0 Å². The quantitative estimate of drug-likeness (QED) is 0.331. The normalized spacial score (nSPS) is 24.9. The van der Waals surface area contributed by atoms with Crippen molar-refractivity contribution in [2.75, 3.05) is 26.2 Å². The Hall–Kier alpha value is -1.06. The molecule has 0 spiro atoms. The van der Waals surface area contributed by atoms with E-state index in [-0.39, 0.29) is 24.0 Å². The monoisotopic (exact) mass is 540 g/mol. The van der Waals surface area contributed by atoms with Gasteiger partial charge in [-0.3, -0.25) is 4.90 Å². The molecule has 30 heavy (non-hydrogen) atoms. The van der Waals surface area contributed by atoms with Crippen LogP contribution in [0.3, 0.4) is 0 Å². The molecule has 164 valence electrons. The van der Waals surface area contributed by atoms with Crippen molar-refractivity contribution in [3.8, 4) is 0 Å². The fraction of sp³-hybridized carbons (Fsp3) is 0.609. The molecule has 7 heteroatoms. The first-order chi connectivity index (χ1) is 14.4. The largest absolute Gasteiger partial charge is 0.469 e. The lowest BCUT2D eigenvalue weighted by atomic mass is 9.83. The van der Waals surface area contributed by atoms with Gasteiger partial charge in [0, 0.05) is 43.0 Å². The number of rotatable bonds is 6. The van der Waals surface area contributed by atoms with Crippen molar-refractivity contribution in [2.45, 2.75) is 57.2 Å². The first kappa shape index (κ1) is 22.1. The highest BCUT2D eigenvalue weighted by Gasteiger charge is 2.42. The Kier molecular flexibility index (Phi) is 7.75. The highest BCUT2D eigenvalue weighted by molar-refractivity contribution is 14.0. The fourth-order valence-electron chi connectivity index (χ4n) is 5.07. The number of halogens is 1. The van der Waals surface area contributed by atoms with E-state index in [0.717, 1.165) is 62.3 Å². The van der Waals surface area contributed by atoms with Gasteiger partial charge < -0.3 is 14.6 Å². The first-order valence-electron chi connectivity index (χ1n) is 11.2. The molecule has 0 bridgehead atoms. The topological polar surface area (TPSA) is 44.0 Å². The third-order valence-corrected chi connectivity index (χ3v) is 7.49. The van der Waals surface area contributed by atoms with E-state index in [2.05, 4.69) is 32.6 Å². The standard InChI is InChI=1S/C23H32N4OS.HI/c1-4-18-17-26(13-10-22(18)27(12-1)19-7-8-19)23(25-16-21-6-3-15-29-21)24-11-9-20-5-2-14-28-20;/h2-3,5-6,14-15,18-19,22H,1,4,7-13,16-17H2,(H,24,25);1H. The van der Waals surface area contributed by atoms with Crippen molar-refractivity contribution >= 4 is 41.3 Å². The van der Waals surface area contributed by atoms with Gasteiger partial charge in [-0.2, -0.15) is 0 Å². The van der Waals surface area contributed by atoms with Gasteiger partial charge >= 0.3 is 0 Å². The summed E-state index contributed by atoms with van der Waals surface area (Å²) in [5.74, 6) is 2.89. The molecule has 0 amide bonds. The zero-order valence-corrected chi connectivity index (χ0v) is 20.7. The molecule has 2 aromatic rings. The number of nitrogens with one attached hydrogen (secondary N) is 1. The zero-order chi connectivity index (χ0) is 19.5. The highest BCUT2D eigenvalue weighted by Crippen LogP contribution is 2.38. The van der Waals surface area contributed by atoms with Gasteiger partial charge in [0.15, 0.2) is 5.96 Å². The SMILES string of the molecule is I.c1coc(CCNC(=NCc2cccs2)N2CCC3C(CCCN3C3CC3)C2)c1. The zero-order valence-electron chi connectivity index (χ0n) is 17.5. The van der Waals surface area contributed by atoms with Crippen LogP contribution in [0.1, 0.15) is 42.7 Å². The summed E-state index contributed by atoms with van der Waals surface area (Å²) in [6.07, 6.45) is 9.50. The van der Waals surface area contributed by atoms with Crippen molar-refractivity contribution < 1.29 is 4.42 Å². The molecule has 2 atom stereocenters. The summed E-state index contributed by atoms with van der Waals surface area (Å²) in [5, 5.41) is 5.77. The molecule has 2 saturated heterocycles. The molecule has 0 aromatic carbocycles. The number of hydrogen-bond acceptors (Lipinski definition) is 4. The van der Waals surface area contributed by atoms with Crippen LogP contribution in [-0.2, 0) is 13.0 Å². The average Bonchev–Trinajstić information content (AvgIpc) is 3.22. The van der Waals surface area contributed by atoms with E-state index < -0.39 is 0 Å². The Morgan fingerprint density at radius 1 is 1.17 bits per heavy atom. The van der Waals surface area contributed by atoms with Crippen molar-refractivity contribution in [2.24, 2.45) is 10.9 Å². The number of furan rings is 1. The molecule has 0 radical (unpaired) electrons. The van der Waals surface area contributed by atoms with Gasteiger partial charge in [-0.25, -0.2) is 4.99 Å². The minimum absolute atomic E-state index is 0. The first-order valence-corrected chi connectivity index (χ1v) is 12.1. The molecule has 2 aromatic heterocycles. The van der Waals surface area contributed by atoms with Crippen LogP contribution in [0.15, 0.2) is 45.3 Å². The van der Waals surface area contributed by atoms with E-state index in [4.69, 9.17) is 9.41 Å². The Morgan fingerprint density at radius 2 is 2.10 bits per heavy atom. The van der Waals surface area contributed by atoms with Crippen LogP contribution in [0.5, 0.6) is 0 Å². The summed E-state index contributed by atoms with van der Waals surface area (Å²) in [5.41, 5.74) is 0. The summed E-state index contributed by atoms with van der Waals surface area (Å²) in [6, 6.07) is 9.99. The molecule has 3 aliphatic rings. The summed E-state index contributed by atoms with van der Waals surface area (Å²) in [7, 11) is 0. The number of guanidine groups is 1. The van der Waals surface area contributed by atoms with E-state index in [1.807, 2.05) is 12.1 Å². The van der Waals surface area contributed by atoms with Gasteiger partial charge in [0.25, 0.3) is 0 Å². The number of piperidine rings is 2. The van der Waals surface area contributed by atoms with E-state index in [1.165, 1.54) is 43.5 Å². The van der Waals surface area contributed by atoms with Gasteiger partial charge in [0.2, 0.25) is 0 Å². The Bertz CT molecular complexity index is 790. The van der Waals surface area contributed by atoms with E-state index in [1.54, 1.807) is 17.6 Å². The van der Waals surface area contributed by atoms with Crippen molar-refractivity contribution in [3.63, 3.8) is 0 Å². The highest BCUT2D eigenvalue weighted by atomic mass is 127. The van der Waals surface area contributed by atoms with E-state index in [0.29, 0.717) is 0 Å². The maximum Gasteiger partial charge on any atom is 0.194 e. The van der Waals surface area contributed by atoms with Gasteiger partial charge in [-0.1, -0.05) is 6.07 Å². The predicted octanol–water partition coefficient (Wildman–Crippen LogP) is 4.60.